The highest BCUT2D eigenvalue weighted by Gasteiger charge is 2.26. The Bertz CT molecular complexity index is 881. The van der Waals surface area contributed by atoms with Crippen LogP contribution >= 0.6 is 23.1 Å². The molecule has 3 heterocycles. The maximum Gasteiger partial charge on any atom is 0.247 e. The zero-order valence-corrected chi connectivity index (χ0v) is 14.9. The van der Waals surface area contributed by atoms with Crippen molar-refractivity contribution in [1.82, 2.24) is 15.2 Å². The highest BCUT2D eigenvalue weighted by atomic mass is 32.2. The SMILES string of the molecule is CCSc1nnc2c(n1)OC(c1ccc(C)s1)Nc1ccccc1-2. The Balaban J connectivity index is 1.83. The molecule has 7 heteroatoms. The largest absolute Gasteiger partial charge is 0.447 e. The summed E-state index contributed by atoms with van der Waals surface area (Å²) in [5.41, 5.74) is 2.60. The van der Waals surface area contributed by atoms with Gasteiger partial charge in [-0.3, -0.25) is 0 Å². The maximum absolute atomic E-state index is 6.20. The number of fused-ring (bicyclic) bond motifs is 3. The van der Waals surface area contributed by atoms with E-state index in [0.717, 1.165) is 21.9 Å². The molecule has 4 rings (SSSR count). The number of para-hydroxylation sites is 1. The van der Waals surface area contributed by atoms with Gasteiger partial charge in [0, 0.05) is 16.1 Å². The van der Waals surface area contributed by atoms with Crippen molar-refractivity contribution >= 4 is 28.8 Å². The number of nitrogens with one attached hydrogen (secondary N) is 1. The molecule has 1 aliphatic rings. The molecule has 0 bridgehead atoms. The second kappa shape index (κ2) is 6.41. The summed E-state index contributed by atoms with van der Waals surface area (Å²) in [5, 5.41) is 12.7. The van der Waals surface area contributed by atoms with E-state index in [4.69, 9.17) is 4.74 Å². The van der Waals surface area contributed by atoms with Gasteiger partial charge in [-0.25, -0.2) is 0 Å². The lowest BCUT2D eigenvalue weighted by atomic mass is 10.1. The number of hydrogen-bond acceptors (Lipinski definition) is 7. The molecule has 0 spiro atoms. The zero-order chi connectivity index (χ0) is 16.5. The first kappa shape index (κ1) is 15.4. The van der Waals surface area contributed by atoms with Gasteiger partial charge in [0.15, 0.2) is 5.69 Å². The minimum atomic E-state index is -0.290. The van der Waals surface area contributed by atoms with Gasteiger partial charge in [0.25, 0.3) is 0 Å². The second-order valence-electron chi connectivity index (χ2n) is 5.32. The number of ether oxygens (including phenoxy) is 1. The van der Waals surface area contributed by atoms with Crippen molar-refractivity contribution in [2.24, 2.45) is 0 Å². The van der Waals surface area contributed by atoms with E-state index in [1.54, 1.807) is 23.1 Å². The topological polar surface area (TPSA) is 59.9 Å². The summed E-state index contributed by atoms with van der Waals surface area (Å²) >= 11 is 3.27. The molecule has 1 aliphatic heterocycles. The van der Waals surface area contributed by atoms with Gasteiger partial charge >= 0.3 is 0 Å². The van der Waals surface area contributed by atoms with Gasteiger partial charge in [-0.15, -0.1) is 21.5 Å². The van der Waals surface area contributed by atoms with Gasteiger partial charge in [-0.05, 0) is 30.9 Å². The molecule has 0 saturated heterocycles. The summed E-state index contributed by atoms with van der Waals surface area (Å²) in [4.78, 5) is 6.93. The third kappa shape index (κ3) is 2.85. The van der Waals surface area contributed by atoms with Crippen LogP contribution in [0.15, 0.2) is 41.6 Å². The van der Waals surface area contributed by atoms with Gasteiger partial charge in [0.05, 0.1) is 4.88 Å². The van der Waals surface area contributed by atoms with E-state index >= 15 is 0 Å². The maximum atomic E-state index is 6.20. The number of benzene rings is 1. The van der Waals surface area contributed by atoms with Crippen molar-refractivity contribution < 1.29 is 4.74 Å². The Morgan fingerprint density at radius 2 is 2.08 bits per heavy atom. The van der Waals surface area contributed by atoms with Gasteiger partial charge in [0.1, 0.15) is 0 Å². The number of anilines is 1. The zero-order valence-electron chi connectivity index (χ0n) is 13.3. The molecule has 3 aromatic rings. The third-order valence-corrected chi connectivity index (χ3v) is 5.39. The second-order valence-corrected chi connectivity index (χ2v) is 7.87. The van der Waals surface area contributed by atoms with E-state index in [1.165, 1.54) is 4.88 Å². The van der Waals surface area contributed by atoms with Gasteiger partial charge in [0.2, 0.25) is 17.3 Å². The fourth-order valence-corrected chi connectivity index (χ4v) is 3.92. The van der Waals surface area contributed by atoms with Crippen LogP contribution in [0.3, 0.4) is 0 Å². The molecule has 1 atom stereocenters. The minimum Gasteiger partial charge on any atom is -0.447 e. The summed E-state index contributed by atoms with van der Waals surface area (Å²) in [6.07, 6.45) is -0.290. The molecule has 0 saturated carbocycles. The van der Waals surface area contributed by atoms with Crippen LogP contribution in [0.1, 0.15) is 22.9 Å². The number of aryl methyl sites for hydroxylation is 1. The third-order valence-electron chi connectivity index (χ3n) is 3.63. The first-order chi connectivity index (χ1) is 11.7. The van der Waals surface area contributed by atoms with Crippen molar-refractivity contribution in [3.63, 3.8) is 0 Å². The van der Waals surface area contributed by atoms with E-state index in [1.807, 2.05) is 24.3 Å². The van der Waals surface area contributed by atoms with Crippen LogP contribution in [0, 0.1) is 6.92 Å². The fraction of sp³-hybridized carbons (Fsp3) is 0.235. The summed E-state index contributed by atoms with van der Waals surface area (Å²) in [5.74, 6) is 1.41. The summed E-state index contributed by atoms with van der Waals surface area (Å²) in [7, 11) is 0. The Labute approximate surface area is 148 Å². The van der Waals surface area contributed by atoms with Crippen molar-refractivity contribution in [2.45, 2.75) is 25.2 Å². The fourth-order valence-electron chi connectivity index (χ4n) is 2.56. The van der Waals surface area contributed by atoms with Crippen LogP contribution in [0.25, 0.3) is 11.3 Å². The molecular formula is C17H16N4OS2. The highest BCUT2D eigenvalue weighted by Crippen LogP contribution is 2.40. The van der Waals surface area contributed by atoms with Crippen LogP contribution in [-0.4, -0.2) is 20.9 Å². The van der Waals surface area contributed by atoms with Gasteiger partial charge < -0.3 is 10.1 Å². The number of nitrogens with zero attached hydrogens (tertiary/aromatic N) is 3. The number of thioether (sulfide) groups is 1. The van der Waals surface area contributed by atoms with Crippen molar-refractivity contribution in [3.8, 4) is 17.1 Å². The standard InChI is InChI=1S/C17H16N4OS2/c1-3-23-17-19-16-14(20-21-17)11-6-4-5-7-12(11)18-15(22-16)13-9-8-10(2)24-13/h4-9,15,18H,3H2,1-2H3. The van der Waals surface area contributed by atoms with E-state index in [-0.39, 0.29) is 6.23 Å². The predicted molar refractivity (Wildman–Crippen MR) is 97.7 cm³/mol. The quantitative estimate of drug-likeness (QED) is 0.696. The molecular weight excluding hydrogens is 340 g/mol. The van der Waals surface area contributed by atoms with Crippen LogP contribution in [0.2, 0.25) is 0 Å². The molecule has 24 heavy (non-hydrogen) atoms. The summed E-state index contributed by atoms with van der Waals surface area (Å²) in [6, 6.07) is 12.2. The van der Waals surface area contributed by atoms with E-state index < -0.39 is 0 Å². The summed E-state index contributed by atoms with van der Waals surface area (Å²) in [6.45, 7) is 4.15. The van der Waals surface area contributed by atoms with Crippen LogP contribution in [0.5, 0.6) is 5.88 Å². The first-order valence-electron chi connectivity index (χ1n) is 7.71. The Morgan fingerprint density at radius 1 is 1.21 bits per heavy atom. The lowest BCUT2D eigenvalue weighted by Crippen LogP contribution is -2.15. The Morgan fingerprint density at radius 3 is 2.88 bits per heavy atom. The monoisotopic (exact) mass is 356 g/mol. The number of thiophene rings is 1. The molecule has 0 aliphatic carbocycles. The Hall–Kier alpha value is -2.12. The van der Waals surface area contributed by atoms with Crippen molar-refractivity contribution in [3.05, 3.63) is 46.2 Å². The Kier molecular flexibility index (Phi) is 4.12. The molecule has 0 fully saturated rings. The van der Waals surface area contributed by atoms with Crippen LogP contribution in [0.4, 0.5) is 5.69 Å². The van der Waals surface area contributed by atoms with Crippen LogP contribution < -0.4 is 10.1 Å². The molecule has 0 amide bonds. The summed E-state index contributed by atoms with van der Waals surface area (Å²) < 4.78 is 6.20. The van der Waals surface area contributed by atoms with E-state index in [2.05, 4.69) is 46.5 Å². The number of rotatable bonds is 3. The van der Waals surface area contributed by atoms with Crippen LogP contribution in [-0.2, 0) is 0 Å². The average Bonchev–Trinajstić information content (AvgIpc) is 2.95. The average molecular weight is 356 g/mol. The lowest BCUT2D eigenvalue weighted by Gasteiger charge is -2.17. The molecule has 122 valence electrons. The normalized spacial score (nSPS) is 15.7. The van der Waals surface area contributed by atoms with Gasteiger partial charge in [-0.1, -0.05) is 36.9 Å². The van der Waals surface area contributed by atoms with Crippen molar-refractivity contribution in [1.29, 1.82) is 0 Å². The highest BCUT2D eigenvalue weighted by molar-refractivity contribution is 7.99. The molecule has 1 aromatic carbocycles. The molecule has 5 nitrogen and oxygen atoms in total. The number of hydrogen-bond donors (Lipinski definition) is 1. The van der Waals surface area contributed by atoms with E-state index in [0.29, 0.717) is 16.7 Å². The van der Waals surface area contributed by atoms with Crippen molar-refractivity contribution in [2.75, 3.05) is 11.1 Å². The molecule has 2 aromatic heterocycles. The minimum absolute atomic E-state index is 0.290. The first-order valence-corrected chi connectivity index (χ1v) is 9.51. The lowest BCUT2D eigenvalue weighted by molar-refractivity contribution is 0.229. The number of aromatic nitrogens is 3. The smallest absolute Gasteiger partial charge is 0.247 e. The van der Waals surface area contributed by atoms with E-state index in [9.17, 15) is 0 Å². The predicted octanol–water partition coefficient (Wildman–Crippen LogP) is 4.52. The molecule has 0 radical (unpaired) electrons. The molecule has 1 unspecified atom stereocenters. The van der Waals surface area contributed by atoms with Gasteiger partial charge in [-0.2, -0.15) is 4.98 Å². The molecule has 1 N–H and O–H groups in total.